The summed E-state index contributed by atoms with van der Waals surface area (Å²) in [7, 11) is 0. The molecule has 2 aliphatic rings. The second-order valence-corrected chi connectivity index (χ2v) is 9.48. The fourth-order valence-corrected chi connectivity index (χ4v) is 5.42. The van der Waals surface area contributed by atoms with Crippen LogP contribution < -0.4 is 0 Å². The van der Waals surface area contributed by atoms with Crippen molar-refractivity contribution in [3.63, 3.8) is 0 Å². The van der Waals surface area contributed by atoms with Gasteiger partial charge in [0.05, 0.1) is 17.7 Å². The second kappa shape index (κ2) is 9.89. The maximum atomic E-state index is 12.5. The fourth-order valence-electron chi connectivity index (χ4n) is 4.45. The molecular formula is C25H27N5O2S. The number of nitrogens with zero attached hydrogens (tertiary/aromatic N) is 5. The Kier molecular flexibility index (Phi) is 6.55. The van der Waals surface area contributed by atoms with E-state index >= 15 is 0 Å². The molecule has 0 saturated carbocycles. The van der Waals surface area contributed by atoms with E-state index in [4.69, 9.17) is 0 Å². The Labute approximate surface area is 197 Å². The van der Waals surface area contributed by atoms with Gasteiger partial charge in [-0.2, -0.15) is 0 Å². The quantitative estimate of drug-likeness (QED) is 0.272. The molecule has 5 rings (SSSR count). The van der Waals surface area contributed by atoms with Gasteiger partial charge in [-0.15, -0.1) is 10.2 Å². The van der Waals surface area contributed by atoms with E-state index in [1.165, 1.54) is 17.7 Å². The van der Waals surface area contributed by atoms with E-state index in [0.717, 1.165) is 54.9 Å². The molecule has 0 aliphatic carbocycles. The maximum Gasteiger partial charge on any atom is 0.261 e. The predicted octanol–water partition coefficient (Wildman–Crippen LogP) is 4.03. The normalized spacial score (nSPS) is 16.1. The van der Waals surface area contributed by atoms with Crippen LogP contribution in [-0.4, -0.2) is 61.8 Å². The van der Waals surface area contributed by atoms with Gasteiger partial charge in [0.25, 0.3) is 11.8 Å². The molecule has 0 spiro atoms. The van der Waals surface area contributed by atoms with Gasteiger partial charge in [-0.25, -0.2) is 0 Å². The lowest BCUT2D eigenvalue weighted by molar-refractivity contribution is 0.0652. The van der Waals surface area contributed by atoms with Gasteiger partial charge in [-0.05, 0) is 63.0 Å². The number of rotatable bonds is 9. The smallest absolute Gasteiger partial charge is 0.261 e. The van der Waals surface area contributed by atoms with E-state index in [2.05, 4.69) is 31.8 Å². The topological polar surface area (TPSA) is 71.3 Å². The average molecular weight is 462 g/mol. The van der Waals surface area contributed by atoms with Gasteiger partial charge in [0.15, 0.2) is 11.0 Å². The van der Waals surface area contributed by atoms with Crippen molar-refractivity contribution in [2.45, 2.75) is 37.4 Å². The zero-order valence-corrected chi connectivity index (χ0v) is 19.3. The van der Waals surface area contributed by atoms with Gasteiger partial charge in [0.1, 0.15) is 0 Å². The molecule has 0 N–H and O–H groups in total. The number of benzene rings is 2. The summed E-state index contributed by atoms with van der Waals surface area (Å²) in [6.45, 7) is 3.48. The Balaban J connectivity index is 1.19. The highest BCUT2D eigenvalue weighted by atomic mass is 32.2. The summed E-state index contributed by atoms with van der Waals surface area (Å²) in [5.41, 5.74) is 2.10. The molecule has 0 atom stereocenters. The first-order chi connectivity index (χ1) is 16.2. The molecule has 2 aliphatic heterocycles. The van der Waals surface area contributed by atoms with Crippen molar-refractivity contribution in [1.29, 1.82) is 0 Å². The van der Waals surface area contributed by atoms with Crippen LogP contribution >= 0.6 is 11.8 Å². The molecule has 8 heteroatoms. The SMILES string of the molecule is O=C1c2ccccc2C(=O)N1CCCCSc1nnc(CN2CCCC2)n1-c1ccccc1. The van der Waals surface area contributed by atoms with Crippen molar-refractivity contribution >= 4 is 23.6 Å². The van der Waals surface area contributed by atoms with Gasteiger partial charge in [0, 0.05) is 18.0 Å². The lowest BCUT2D eigenvalue weighted by Crippen LogP contribution is -2.30. The van der Waals surface area contributed by atoms with E-state index in [1.807, 2.05) is 18.2 Å². The first-order valence-corrected chi connectivity index (χ1v) is 12.5. The molecule has 1 saturated heterocycles. The predicted molar refractivity (Wildman–Crippen MR) is 128 cm³/mol. The third kappa shape index (κ3) is 4.58. The van der Waals surface area contributed by atoms with E-state index in [9.17, 15) is 9.59 Å². The summed E-state index contributed by atoms with van der Waals surface area (Å²) in [6, 6.07) is 17.3. The maximum absolute atomic E-state index is 12.5. The lowest BCUT2D eigenvalue weighted by Gasteiger charge is -2.16. The number of hydrogen-bond acceptors (Lipinski definition) is 6. The van der Waals surface area contributed by atoms with Crippen molar-refractivity contribution in [2.75, 3.05) is 25.4 Å². The zero-order valence-electron chi connectivity index (χ0n) is 18.5. The van der Waals surface area contributed by atoms with Crippen LogP contribution in [0.4, 0.5) is 0 Å². The van der Waals surface area contributed by atoms with Crippen LogP contribution in [0.1, 0.15) is 52.2 Å². The molecule has 0 unspecified atom stereocenters. The minimum absolute atomic E-state index is 0.182. The van der Waals surface area contributed by atoms with Crippen LogP contribution in [0.5, 0.6) is 0 Å². The molecule has 2 amide bonds. The Morgan fingerprint density at radius 2 is 1.48 bits per heavy atom. The van der Waals surface area contributed by atoms with Crippen molar-refractivity contribution in [1.82, 2.24) is 24.6 Å². The Hall–Kier alpha value is -2.97. The fraction of sp³-hybridized carbons (Fsp3) is 0.360. The lowest BCUT2D eigenvalue weighted by atomic mass is 10.1. The molecule has 3 aromatic rings. The third-order valence-electron chi connectivity index (χ3n) is 6.16. The number of hydrogen-bond donors (Lipinski definition) is 0. The number of aromatic nitrogens is 3. The van der Waals surface area contributed by atoms with Gasteiger partial charge in [-0.1, -0.05) is 42.1 Å². The van der Waals surface area contributed by atoms with E-state index in [1.54, 1.807) is 36.0 Å². The van der Waals surface area contributed by atoms with Crippen LogP contribution in [-0.2, 0) is 6.54 Å². The number of carbonyl (C=O) groups is 2. The third-order valence-corrected chi connectivity index (χ3v) is 7.18. The number of thioether (sulfide) groups is 1. The summed E-state index contributed by atoms with van der Waals surface area (Å²) in [6.07, 6.45) is 4.13. The average Bonchev–Trinajstić information content (AvgIpc) is 3.56. The Morgan fingerprint density at radius 3 is 2.18 bits per heavy atom. The molecule has 0 radical (unpaired) electrons. The van der Waals surface area contributed by atoms with Crippen LogP contribution in [0, 0.1) is 0 Å². The number of para-hydroxylation sites is 1. The van der Waals surface area contributed by atoms with Crippen LogP contribution in [0.3, 0.4) is 0 Å². The van der Waals surface area contributed by atoms with Gasteiger partial charge in [0.2, 0.25) is 0 Å². The molecular weight excluding hydrogens is 434 g/mol. The molecule has 3 heterocycles. The Morgan fingerprint density at radius 1 is 0.818 bits per heavy atom. The minimum Gasteiger partial charge on any atom is -0.296 e. The number of amides is 2. The first-order valence-electron chi connectivity index (χ1n) is 11.5. The van der Waals surface area contributed by atoms with Crippen LogP contribution in [0.25, 0.3) is 5.69 Å². The molecule has 1 fully saturated rings. The van der Waals surface area contributed by atoms with Crippen molar-refractivity contribution < 1.29 is 9.59 Å². The van der Waals surface area contributed by atoms with Gasteiger partial charge < -0.3 is 0 Å². The van der Waals surface area contributed by atoms with E-state index < -0.39 is 0 Å². The molecule has 33 heavy (non-hydrogen) atoms. The molecule has 1 aromatic heterocycles. The first kappa shape index (κ1) is 21.9. The molecule has 2 aromatic carbocycles. The summed E-state index contributed by atoms with van der Waals surface area (Å²) < 4.78 is 2.16. The van der Waals surface area contributed by atoms with E-state index in [-0.39, 0.29) is 11.8 Å². The van der Waals surface area contributed by atoms with Gasteiger partial charge >= 0.3 is 0 Å². The number of carbonyl (C=O) groups excluding carboxylic acids is 2. The number of imide groups is 1. The summed E-state index contributed by atoms with van der Waals surface area (Å²) in [4.78, 5) is 28.8. The molecule has 170 valence electrons. The van der Waals surface area contributed by atoms with Gasteiger partial charge in [-0.3, -0.25) is 24.0 Å². The number of unbranched alkanes of at least 4 members (excludes halogenated alkanes) is 1. The molecule has 7 nitrogen and oxygen atoms in total. The van der Waals surface area contributed by atoms with Crippen LogP contribution in [0.15, 0.2) is 59.8 Å². The number of fused-ring (bicyclic) bond motifs is 1. The van der Waals surface area contributed by atoms with Crippen molar-refractivity contribution in [3.05, 3.63) is 71.5 Å². The second-order valence-electron chi connectivity index (χ2n) is 8.42. The standard InChI is InChI=1S/C25H27N5O2S/c31-23-20-12-4-5-13-21(20)24(32)29(23)16-8-9-17-33-25-27-26-22(18-28-14-6-7-15-28)30(25)19-10-2-1-3-11-19/h1-5,10-13H,6-9,14-18H2. The minimum atomic E-state index is -0.182. The highest BCUT2D eigenvalue weighted by molar-refractivity contribution is 7.99. The van der Waals surface area contributed by atoms with Crippen LogP contribution in [0.2, 0.25) is 0 Å². The highest BCUT2D eigenvalue weighted by Crippen LogP contribution is 2.26. The zero-order chi connectivity index (χ0) is 22.6. The molecule has 0 bridgehead atoms. The summed E-state index contributed by atoms with van der Waals surface area (Å²) in [5, 5.41) is 9.89. The summed E-state index contributed by atoms with van der Waals surface area (Å²) in [5.74, 6) is 1.45. The highest BCUT2D eigenvalue weighted by Gasteiger charge is 2.34. The monoisotopic (exact) mass is 461 g/mol. The van der Waals surface area contributed by atoms with Crippen molar-refractivity contribution in [3.8, 4) is 5.69 Å². The summed E-state index contributed by atoms with van der Waals surface area (Å²) >= 11 is 1.67. The van der Waals surface area contributed by atoms with E-state index in [0.29, 0.717) is 17.7 Å². The van der Waals surface area contributed by atoms with Crippen molar-refractivity contribution in [2.24, 2.45) is 0 Å². The largest absolute Gasteiger partial charge is 0.296 e. The Bertz CT molecular complexity index is 1110. The number of likely N-dealkylation sites (tertiary alicyclic amines) is 1.